The Balaban J connectivity index is 1.86. The molecule has 0 fully saturated rings. The summed E-state index contributed by atoms with van der Waals surface area (Å²) in [6.45, 7) is 2.53. The Bertz CT molecular complexity index is 962. The van der Waals surface area contributed by atoms with Crippen LogP contribution >= 0.6 is 11.3 Å². The van der Waals surface area contributed by atoms with Gasteiger partial charge in [-0.15, -0.1) is 11.3 Å². The molecule has 0 radical (unpaired) electrons. The maximum atomic E-state index is 4.70. The van der Waals surface area contributed by atoms with Crippen LogP contribution in [-0.4, -0.2) is 32.2 Å². The van der Waals surface area contributed by atoms with E-state index in [2.05, 4.69) is 42.6 Å². The van der Waals surface area contributed by atoms with Crippen LogP contribution in [0.2, 0.25) is 0 Å². The summed E-state index contributed by atoms with van der Waals surface area (Å²) in [7, 11) is 2.01. The average Bonchev–Trinajstić information content (AvgIpc) is 3.24. The molecule has 0 spiro atoms. The number of aromatic nitrogens is 5. The summed E-state index contributed by atoms with van der Waals surface area (Å²) in [5, 5.41) is 10.0. The summed E-state index contributed by atoms with van der Waals surface area (Å²) in [5.74, 6) is 2.48. The first-order valence-corrected chi connectivity index (χ1v) is 8.47. The van der Waals surface area contributed by atoms with Crippen molar-refractivity contribution >= 4 is 27.4 Å². The molecular formula is C17H16N6S. The van der Waals surface area contributed by atoms with Gasteiger partial charge in [-0.3, -0.25) is 5.10 Å². The van der Waals surface area contributed by atoms with E-state index < -0.39 is 0 Å². The van der Waals surface area contributed by atoms with Crippen LogP contribution in [-0.2, 0) is 6.54 Å². The van der Waals surface area contributed by atoms with E-state index in [0.717, 1.165) is 33.2 Å². The Morgan fingerprint density at radius 2 is 2.00 bits per heavy atom. The van der Waals surface area contributed by atoms with Crippen LogP contribution in [0.15, 0.2) is 42.0 Å². The molecule has 0 bridgehead atoms. The number of nitrogens with zero attached hydrogens (tertiary/aromatic N) is 5. The molecule has 0 amide bonds. The van der Waals surface area contributed by atoms with Crippen LogP contribution in [0.25, 0.3) is 21.3 Å². The molecule has 7 heteroatoms. The molecule has 0 saturated carbocycles. The van der Waals surface area contributed by atoms with Crippen LogP contribution in [0.1, 0.15) is 11.6 Å². The number of rotatable bonds is 4. The second-order valence-electron chi connectivity index (χ2n) is 5.58. The smallest absolute Gasteiger partial charge is 0.143 e. The van der Waals surface area contributed by atoms with E-state index >= 15 is 0 Å². The fourth-order valence-corrected chi connectivity index (χ4v) is 3.73. The average molecular weight is 336 g/mol. The van der Waals surface area contributed by atoms with E-state index in [-0.39, 0.29) is 0 Å². The molecule has 0 aliphatic carbocycles. The maximum absolute atomic E-state index is 4.70. The largest absolute Gasteiger partial charge is 0.351 e. The summed E-state index contributed by atoms with van der Waals surface area (Å²) >= 11 is 1.65. The fourth-order valence-electron chi connectivity index (χ4n) is 2.74. The van der Waals surface area contributed by atoms with E-state index in [1.165, 1.54) is 11.9 Å². The zero-order valence-electron chi connectivity index (χ0n) is 13.4. The van der Waals surface area contributed by atoms with Crippen molar-refractivity contribution in [3.63, 3.8) is 0 Å². The number of benzene rings is 1. The number of hydrogen-bond acceptors (Lipinski definition) is 6. The van der Waals surface area contributed by atoms with Gasteiger partial charge in [0.25, 0.3) is 0 Å². The lowest BCUT2D eigenvalue weighted by Gasteiger charge is -2.18. The second kappa shape index (κ2) is 6.01. The molecule has 6 nitrogen and oxygen atoms in total. The number of hydrogen-bond donors (Lipinski definition) is 1. The van der Waals surface area contributed by atoms with Gasteiger partial charge in [0.1, 0.15) is 28.6 Å². The topological polar surface area (TPSA) is 70.6 Å². The first-order chi connectivity index (χ1) is 11.7. The minimum absolute atomic E-state index is 0.607. The SMILES string of the molecule is Cc1nc(N(C)Cc2ncn[nH]2)c2c(-c3ccccc3)csc2n1. The number of H-pyrrole nitrogens is 1. The van der Waals surface area contributed by atoms with Gasteiger partial charge in [-0.2, -0.15) is 5.10 Å². The second-order valence-corrected chi connectivity index (χ2v) is 6.44. The quantitative estimate of drug-likeness (QED) is 0.618. The molecule has 4 aromatic rings. The normalized spacial score (nSPS) is 11.1. The highest BCUT2D eigenvalue weighted by Crippen LogP contribution is 2.38. The number of aromatic amines is 1. The number of nitrogens with one attached hydrogen (secondary N) is 1. The number of aryl methyl sites for hydroxylation is 1. The van der Waals surface area contributed by atoms with E-state index in [4.69, 9.17) is 4.98 Å². The number of fused-ring (bicyclic) bond motifs is 1. The summed E-state index contributed by atoms with van der Waals surface area (Å²) in [4.78, 5) is 16.6. The molecule has 0 atom stereocenters. The zero-order chi connectivity index (χ0) is 16.5. The van der Waals surface area contributed by atoms with Crippen molar-refractivity contribution < 1.29 is 0 Å². The third-order valence-corrected chi connectivity index (χ3v) is 4.70. The summed E-state index contributed by atoms with van der Waals surface area (Å²) in [6, 6.07) is 10.3. The molecule has 1 N–H and O–H groups in total. The summed E-state index contributed by atoms with van der Waals surface area (Å²) in [5.41, 5.74) is 2.33. The lowest BCUT2D eigenvalue weighted by atomic mass is 10.1. The molecule has 4 rings (SSSR count). The Labute approximate surface area is 143 Å². The molecule has 120 valence electrons. The fraction of sp³-hybridized carbons (Fsp3) is 0.176. The monoisotopic (exact) mass is 336 g/mol. The van der Waals surface area contributed by atoms with E-state index in [1.54, 1.807) is 11.3 Å². The lowest BCUT2D eigenvalue weighted by Crippen LogP contribution is -2.19. The zero-order valence-corrected chi connectivity index (χ0v) is 14.2. The van der Waals surface area contributed by atoms with E-state index in [1.807, 2.05) is 32.2 Å². The molecule has 0 aliphatic rings. The van der Waals surface area contributed by atoms with Gasteiger partial charge in [0.2, 0.25) is 0 Å². The Morgan fingerprint density at radius 3 is 2.75 bits per heavy atom. The van der Waals surface area contributed by atoms with Crippen molar-refractivity contribution in [1.29, 1.82) is 0 Å². The third-order valence-electron chi connectivity index (χ3n) is 3.82. The third kappa shape index (κ3) is 2.63. The minimum atomic E-state index is 0.607. The van der Waals surface area contributed by atoms with Gasteiger partial charge in [-0.05, 0) is 12.5 Å². The highest BCUT2D eigenvalue weighted by molar-refractivity contribution is 7.17. The van der Waals surface area contributed by atoms with Crippen molar-refractivity contribution in [2.24, 2.45) is 0 Å². The van der Waals surface area contributed by atoms with Crippen molar-refractivity contribution in [1.82, 2.24) is 25.1 Å². The van der Waals surface area contributed by atoms with Crippen molar-refractivity contribution in [3.8, 4) is 11.1 Å². The molecule has 3 aromatic heterocycles. The van der Waals surface area contributed by atoms with Gasteiger partial charge in [-0.25, -0.2) is 15.0 Å². The standard InChI is InChI=1S/C17H16N6S/c1-11-20-16(23(2)8-14-18-10-19-22-14)15-13(9-24-17(15)21-11)12-6-4-3-5-7-12/h3-7,9-10H,8H2,1-2H3,(H,18,19,22). The minimum Gasteiger partial charge on any atom is -0.351 e. The van der Waals surface area contributed by atoms with Gasteiger partial charge < -0.3 is 4.90 Å². The summed E-state index contributed by atoms with van der Waals surface area (Å²) in [6.07, 6.45) is 1.52. The molecule has 24 heavy (non-hydrogen) atoms. The van der Waals surface area contributed by atoms with Crippen molar-refractivity contribution in [2.75, 3.05) is 11.9 Å². The van der Waals surface area contributed by atoms with E-state index in [0.29, 0.717) is 6.54 Å². The first-order valence-electron chi connectivity index (χ1n) is 7.59. The molecular weight excluding hydrogens is 320 g/mol. The number of anilines is 1. The predicted molar refractivity (Wildman–Crippen MR) is 96.1 cm³/mol. The van der Waals surface area contributed by atoms with Gasteiger partial charge in [-0.1, -0.05) is 30.3 Å². The molecule has 0 aliphatic heterocycles. The van der Waals surface area contributed by atoms with Crippen LogP contribution in [0.5, 0.6) is 0 Å². The van der Waals surface area contributed by atoms with Crippen LogP contribution in [0.4, 0.5) is 5.82 Å². The Morgan fingerprint density at radius 1 is 1.17 bits per heavy atom. The molecule has 0 saturated heterocycles. The van der Waals surface area contributed by atoms with Gasteiger partial charge >= 0.3 is 0 Å². The van der Waals surface area contributed by atoms with Gasteiger partial charge in [0.05, 0.1) is 11.9 Å². The van der Waals surface area contributed by atoms with Gasteiger partial charge in [0.15, 0.2) is 0 Å². The molecule has 3 heterocycles. The Hall–Kier alpha value is -2.80. The Kier molecular flexibility index (Phi) is 3.70. The van der Waals surface area contributed by atoms with Crippen molar-refractivity contribution in [2.45, 2.75) is 13.5 Å². The first kappa shape index (κ1) is 14.8. The van der Waals surface area contributed by atoms with Gasteiger partial charge in [0, 0.05) is 18.0 Å². The maximum Gasteiger partial charge on any atom is 0.143 e. The van der Waals surface area contributed by atoms with Crippen LogP contribution in [0.3, 0.4) is 0 Å². The molecule has 1 aromatic carbocycles. The lowest BCUT2D eigenvalue weighted by molar-refractivity contribution is 0.828. The number of thiophene rings is 1. The molecule has 0 unspecified atom stereocenters. The van der Waals surface area contributed by atoms with E-state index in [9.17, 15) is 0 Å². The van der Waals surface area contributed by atoms with Crippen LogP contribution in [0, 0.1) is 6.92 Å². The summed E-state index contributed by atoms with van der Waals surface area (Å²) < 4.78 is 0. The highest BCUT2D eigenvalue weighted by atomic mass is 32.1. The highest BCUT2D eigenvalue weighted by Gasteiger charge is 2.17. The van der Waals surface area contributed by atoms with Crippen molar-refractivity contribution in [3.05, 3.63) is 53.7 Å². The predicted octanol–water partition coefficient (Wildman–Crippen LogP) is 3.42. The van der Waals surface area contributed by atoms with Crippen LogP contribution < -0.4 is 4.90 Å².